The predicted molar refractivity (Wildman–Crippen MR) is 99.6 cm³/mol. The van der Waals surface area contributed by atoms with Crippen molar-refractivity contribution in [2.24, 2.45) is 0 Å². The van der Waals surface area contributed by atoms with E-state index in [0.717, 1.165) is 5.69 Å². The minimum absolute atomic E-state index is 0.300. The molecule has 0 bridgehead atoms. The van der Waals surface area contributed by atoms with Gasteiger partial charge in [-0.2, -0.15) is 0 Å². The zero-order valence-corrected chi connectivity index (χ0v) is 14.4. The van der Waals surface area contributed by atoms with Crippen molar-refractivity contribution in [3.63, 3.8) is 0 Å². The Labute approximate surface area is 142 Å². The standard InChI is InChI=1S/C17H18N2OS2/c1-13-9-11-14(12-10-13)19(16(21)18(2)3)17(22)20-15-7-5-4-6-8-15/h4-12H,1-3H3. The molecule has 0 saturated heterocycles. The maximum absolute atomic E-state index is 5.78. The zero-order chi connectivity index (χ0) is 16.1. The van der Waals surface area contributed by atoms with Crippen LogP contribution in [0.15, 0.2) is 54.6 Å². The Morgan fingerprint density at radius 3 is 2.05 bits per heavy atom. The highest BCUT2D eigenvalue weighted by Gasteiger charge is 2.20. The van der Waals surface area contributed by atoms with Gasteiger partial charge in [0.1, 0.15) is 5.75 Å². The number of anilines is 1. The normalized spacial score (nSPS) is 9.95. The van der Waals surface area contributed by atoms with Gasteiger partial charge >= 0.3 is 0 Å². The molecule has 0 aromatic heterocycles. The van der Waals surface area contributed by atoms with Crippen molar-refractivity contribution in [3.8, 4) is 5.75 Å². The first-order valence-electron chi connectivity index (χ1n) is 6.84. The van der Waals surface area contributed by atoms with Gasteiger partial charge < -0.3 is 9.64 Å². The summed E-state index contributed by atoms with van der Waals surface area (Å²) in [4.78, 5) is 3.58. The number of ether oxygens (including phenoxy) is 1. The molecular formula is C17H18N2OS2. The molecule has 2 aromatic carbocycles. The van der Waals surface area contributed by atoms with Crippen molar-refractivity contribution in [1.82, 2.24) is 4.90 Å². The Bertz CT molecular complexity index is 654. The Morgan fingerprint density at radius 1 is 0.909 bits per heavy atom. The van der Waals surface area contributed by atoms with E-state index in [2.05, 4.69) is 0 Å². The van der Waals surface area contributed by atoms with Gasteiger partial charge in [-0.1, -0.05) is 35.9 Å². The second-order valence-electron chi connectivity index (χ2n) is 5.03. The number of hydrogen-bond acceptors (Lipinski definition) is 3. The summed E-state index contributed by atoms with van der Waals surface area (Å²) in [7, 11) is 3.77. The summed E-state index contributed by atoms with van der Waals surface area (Å²) >= 11 is 10.9. The fourth-order valence-electron chi connectivity index (χ4n) is 1.82. The Kier molecular flexibility index (Phi) is 5.46. The van der Waals surface area contributed by atoms with Crippen LogP contribution in [-0.4, -0.2) is 29.3 Å². The summed E-state index contributed by atoms with van der Waals surface area (Å²) in [5, 5.41) is 0.874. The number of para-hydroxylation sites is 1. The van der Waals surface area contributed by atoms with Crippen LogP contribution in [0.4, 0.5) is 5.69 Å². The largest absolute Gasteiger partial charge is 0.431 e. The average molecular weight is 330 g/mol. The fraction of sp³-hybridized carbons (Fsp3) is 0.176. The van der Waals surface area contributed by atoms with Gasteiger partial charge in [0, 0.05) is 14.1 Å². The minimum atomic E-state index is 0.300. The number of thiocarbonyl (C=S) groups is 2. The number of nitrogens with zero attached hydrogens (tertiary/aromatic N) is 2. The molecule has 0 fully saturated rings. The van der Waals surface area contributed by atoms with Crippen molar-refractivity contribution in [1.29, 1.82) is 0 Å². The highest BCUT2D eigenvalue weighted by atomic mass is 32.1. The van der Waals surface area contributed by atoms with Crippen molar-refractivity contribution < 1.29 is 4.74 Å². The second-order valence-corrected chi connectivity index (χ2v) is 5.74. The van der Waals surface area contributed by atoms with Crippen molar-refractivity contribution in [3.05, 3.63) is 60.2 Å². The minimum Gasteiger partial charge on any atom is -0.431 e. The summed E-state index contributed by atoms with van der Waals surface area (Å²) < 4.78 is 5.78. The van der Waals surface area contributed by atoms with Crippen LogP contribution in [-0.2, 0) is 0 Å². The molecule has 0 aliphatic carbocycles. The number of aryl methyl sites for hydroxylation is 1. The quantitative estimate of drug-likeness (QED) is 0.771. The van der Waals surface area contributed by atoms with Crippen molar-refractivity contribution >= 4 is 40.4 Å². The Morgan fingerprint density at radius 2 is 1.50 bits per heavy atom. The van der Waals surface area contributed by atoms with Crippen LogP contribution in [0.2, 0.25) is 0 Å². The van der Waals surface area contributed by atoms with E-state index in [1.165, 1.54) is 5.56 Å². The maximum Gasteiger partial charge on any atom is 0.275 e. The van der Waals surface area contributed by atoms with Crippen LogP contribution in [0.1, 0.15) is 5.56 Å². The van der Waals surface area contributed by atoms with Crippen LogP contribution < -0.4 is 9.64 Å². The summed E-state index contributed by atoms with van der Waals surface area (Å²) in [5.74, 6) is 0.686. The van der Waals surface area contributed by atoms with Gasteiger partial charge in [-0.25, -0.2) is 4.90 Å². The van der Waals surface area contributed by atoms with Crippen LogP contribution in [0.25, 0.3) is 0 Å². The number of benzene rings is 2. The summed E-state index contributed by atoms with van der Waals surface area (Å²) in [6, 6.07) is 17.4. The summed E-state index contributed by atoms with van der Waals surface area (Å²) in [6.45, 7) is 2.04. The number of rotatable bonds is 2. The third kappa shape index (κ3) is 4.02. The first-order valence-corrected chi connectivity index (χ1v) is 7.65. The van der Waals surface area contributed by atoms with Crippen molar-refractivity contribution in [2.75, 3.05) is 19.0 Å². The van der Waals surface area contributed by atoms with Gasteiger partial charge in [0.15, 0.2) is 5.11 Å². The van der Waals surface area contributed by atoms with Gasteiger partial charge in [-0.3, -0.25) is 0 Å². The molecule has 0 aliphatic heterocycles. The van der Waals surface area contributed by atoms with Crippen LogP contribution in [0, 0.1) is 6.92 Å². The highest BCUT2D eigenvalue weighted by Crippen LogP contribution is 2.20. The molecular weight excluding hydrogens is 312 g/mol. The van der Waals surface area contributed by atoms with E-state index in [1.807, 2.05) is 80.5 Å². The molecule has 5 heteroatoms. The fourth-order valence-corrected chi connectivity index (χ4v) is 2.36. The zero-order valence-electron chi connectivity index (χ0n) is 12.8. The lowest BCUT2D eigenvalue weighted by Gasteiger charge is -2.28. The summed E-state index contributed by atoms with van der Waals surface area (Å²) in [6.07, 6.45) is 0. The van der Waals surface area contributed by atoms with Gasteiger partial charge in [-0.15, -0.1) is 0 Å². The lowest BCUT2D eigenvalue weighted by atomic mass is 10.2. The topological polar surface area (TPSA) is 15.7 Å². The van der Waals surface area contributed by atoms with Gasteiger partial charge in [0.2, 0.25) is 0 Å². The molecule has 0 unspecified atom stereocenters. The molecule has 0 amide bonds. The van der Waals surface area contributed by atoms with E-state index in [-0.39, 0.29) is 0 Å². The molecule has 0 heterocycles. The summed E-state index contributed by atoms with van der Waals surface area (Å²) in [5.41, 5.74) is 2.06. The van der Waals surface area contributed by atoms with E-state index in [4.69, 9.17) is 29.2 Å². The molecule has 2 rings (SSSR count). The van der Waals surface area contributed by atoms with Gasteiger partial charge in [0.05, 0.1) is 5.69 Å². The molecule has 0 saturated carbocycles. The van der Waals surface area contributed by atoms with E-state index >= 15 is 0 Å². The predicted octanol–water partition coefficient (Wildman–Crippen LogP) is 4.01. The average Bonchev–Trinajstić information content (AvgIpc) is 2.50. The van der Waals surface area contributed by atoms with E-state index < -0.39 is 0 Å². The van der Waals surface area contributed by atoms with Crippen molar-refractivity contribution in [2.45, 2.75) is 6.92 Å². The molecule has 0 N–H and O–H groups in total. The molecule has 3 nitrogen and oxygen atoms in total. The second kappa shape index (κ2) is 7.33. The lowest BCUT2D eigenvalue weighted by molar-refractivity contribution is 0.549. The maximum atomic E-state index is 5.78. The first-order chi connectivity index (χ1) is 10.5. The third-order valence-electron chi connectivity index (χ3n) is 3.00. The molecule has 0 spiro atoms. The molecule has 0 aliphatic rings. The highest BCUT2D eigenvalue weighted by molar-refractivity contribution is 7.82. The van der Waals surface area contributed by atoms with Crippen LogP contribution in [0.3, 0.4) is 0 Å². The molecule has 22 heavy (non-hydrogen) atoms. The SMILES string of the molecule is Cc1ccc(N(C(=S)Oc2ccccc2)C(=S)N(C)C)cc1. The van der Waals surface area contributed by atoms with E-state index in [1.54, 1.807) is 4.90 Å². The third-order valence-corrected chi connectivity index (χ3v) is 3.81. The van der Waals surface area contributed by atoms with Gasteiger partial charge in [0.25, 0.3) is 5.17 Å². The number of hydrogen-bond donors (Lipinski definition) is 0. The first kappa shape index (κ1) is 16.4. The smallest absolute Gasteiger partial charge is 0.275 e. The van der Waals surface area contributed by atoms with Crippen LogP contribution >= 0.6 is 24.4 Å². The molecule has 0 atom stereocenters. The lowest BCUT2D eigenvalue weighted by Crippen LogP contribution is -2.44. The van der Waals surface area contributed by atoms with Gasteiger partial charge in [-0.05, 0) is 55.6 Å². The Hall–Kier alpha value is -1.98. The molecule has 2 aromatic rings. The molecule has 0 radical (unpaired) electrons. The van der Waals surface area contributed by atoms with Crippen LogP contribution in [0.5, 0.6) is 5.75 Å². The monoisotopic (exact) mass is 330 g/mol. The Balaban J connectivity index is 2.30. The van der Waals surface area contributed by atoms with E-state index in [0.29, 0.717) is 16.0 Å². The van der Waals surface area contributed by atoms with E-state index in [9.17, 15) is 0 Å². The molecule has 114 valence electrons.